The van der Waals surface area contributed by atoms with E-state index in [-0.39, 0.29) is 0 Å². The van der Waals surface area contributed by atoms with E-state index in [4.69, 9.17) is 4.74 Å². The summed E-state index contributed by atoms with van der Waals surface area (Å²) in [6, 6.07) is 8.83. The normalized spacial score (nSPS) is 25.1. The first-order valence-electron chi connectivity index (χ1n) is 7.10. The third-order valence-electron chi connectivity index (χ3n) is 4.42. The van der Waals surface area contributed by atoms with Crippen molar-refractivity contribution < 1.29 is 4.74 Å². The maximum absolute atomic E-state index is 5.50. The maximum atomic E-state index is 5.50. The van der Waals surface area contributed by atoms with Crippen LogP contribution in [0.1, 0.15) is 44.2 Å². The Bertz CT molecular complexity index is 377. The van der Waals surface area contributed by atoms with Gasteiger partial charge >= 0.3 is 0 Å². The van der Waals surface area contributed by atoms with Crippen molar-refractivity contribution in [2.45, 2.75) is 38.6 Å². The summed E-state index contributed by atoms with van der Waals surface area (Å²) >= 11 is 0. The summed E-state index contributed by atoms with van der Waals surface area (Å²) in [5, 5.41) is 3.50. The zero-order valence-corrected chi connectivity index (χ0v) is 11.8. The van der Waals surface area contributed by atoms with Crippen LogP contribution < -0.4 is 10.1 Å². The summed E-state index contributed by atoms with van der Waals surface area (Å²) < 4.78 is 5.50. The predicted molar refractivity (Wildman–Crippen MR) is 75.9 cm³/mol. The fourth-order valence-electron chi connectivity index (χ4n) is 3.36. The van der Waals surface area contributed by atoms with Crippen LogP contribution in [0.15, 0.2) is 24.3 Å². The van der Waals surface area contributed by atoms with E-state index in [0.29, 0.717) is 6.04 Å². The highest BCUT2D eigenvalue weighted by Gasteiger charge is 2.31. The lowest BCUT2D eigenvalue weighted by Gasteiger charge is -2.25. The Labute approximate surface area is 111 Å². The second-order valence-corrected chi connectivity index (χ2v) is 5.36. The maximum Gasteiger partial charge on any atom is 0.123 e. The van der Waals surface area contributed by atoms with Crippen LogP contribution in [0.4, 0.5) is 0 Å². The number of para-hydroxylation sites is 1. The quantitative estimate of drug-likeness (QED) is 0.855. The van der Waals surface area contributed by atoms with Gasteiger partial charge in [0.2, 0.25) is 0 Å². The van der Waals surface area contributed by atoms with Crippen LogP contribution in [-0.4, -0.2) is 14.2 Å². The molecule has 0 radical (unpaired) electrons. The van der Waals surface area contributed by atoms with Gasteiger partial charge in [-0.25, -0.2) is 0 Å². The van der Waals surface area contributed by atoms with E-state index in [2.05, 4.69) is 37.5 Å². The molecule has 1 saturated carbocycles. The second-order valence-electron chi connectivity index (χ2n) is 5.36. The molecular formula is C16H25NO. The Hall–Kier alpha value is -1.02. The average molecular weight is 247 g/mol. The van der Waals surface area contributed by atoms with Crippen molar-refractivity contribution in [2.24, 2.45) is 11.8 Å². The third kappa shape index (κ3) is 2.69. The Morgan fingerprint density at radius 3 is 2.72 bits per heavy atom. The minimum absolute atomic E-state index is 0.428. The van der Waals surface area contributed by atoms with Gasteiger partial charge in [0.1, 0.15) is 5.75 Å². The lowest BCUT2D eigenvalue weighted by atomic mass is 9.90. The number of hydrogen-bond donors (Lipinski definition) is 1. The van der Waals surface area contributed by atoms with E-state index < -0.39 is 0 Å². The van der Waals surface area contributed by atoms with Crippen molar-refractivity contribution in [2.75, 3.05) is 14.2 Å². The van der Waals surface area contributed by atoms with Crippen LogP contribution in [-0.2, 0) is 0 Å². The molecule has 18 heavy (non-hydrogen) atoms. The molecule has 1 aliphatic carbocycles. The molecule has 0 heterocycles. The molecule has 0 spiro atoms. The van der Waals surface area contributed by atoms with Crippen LogP contribution in [0.5, 0.6) is 5.75 Å². The Morgan fingerprint density at radius 2 is 2.11 bits per heavy atom. The third-order valence-corrected chi connectivity index (χ3v) is 4.42. The zero-order chi connectivity index (χ0) is 13.0. The first kappa shape index (κ1) is 13.4. The van der Waals surface area contributed by atoms with Gasteiger partial charge in [0.25, 0.3) is 0 Å². The molecule has 2 heteroatoms. The standard InChI is InChI=1S/C16H25NO/c1-4-12-9-10-13(11-12)16(17-2)14-7-5-6-8-15(14)18-3/h5-8,12-13,16-17H,4,9-11H2,1-3H3. The summed E-state index contributed by atoms with van der Waals surface area (Å²) in [6.45, 7) is 2.31. The van der Waals surface area contributed by atoms with E-state index >= 15 is 0 Å². The van der Waals surface area contributed by atoms with Crippen molar-refractivity contribution in [1.82, 2.24) is 5.32 Å². The van der Waals surface area contributed by atoms with E-state index in [0.717, 1.165) is 17.6 Å². The number of hydrogen-bond acceptors (Lipinski definition) is 2. The molecule has 1 fully saturated rings. The summed E-state index contributed by atoms with van der Waals surface area (Å²) in [6.07, 6.45) is 5.38. The van der Waals surface area contributed by atoms with Crippen molar-refractivity contribution in [3.63, 3.8) is 0 Å². The molecule has 2 nitrogen and oxygen atoms in total. The number of nitrogens with one attached hydrogen (secondary N) is 1. The van der Waals surface area contributed by atoms with Gasteiger partial charge in [0, 0.05) is 11.6 Å². The lowest BCUT2D eigenvalue weighted by molar-refractivity contribution is 0.349. The van der Waals surface area contributed by atoms with Gasteiger partial charge < -0.3 is 10.1 Å². The Kier molecular flexibility index (Phi) is 4.65. The van der Waals surface area contributed by atoms with E-state index in [1.807, 2.05) is 6.07 Å². The molecule has 1 N–H and O–H groups in total. The Morgan fingerprint density at radius 1 is 1.33 bits per heavy atom. The number of ether oxygens (including phenoxy) is 1. The van der Waals surface area contributed by atoms with Crippen LogP contribution in [0.3, 0.4) is 0 Å². The molecule has 100 valence electrons. The van der Waals surface area contributed by atoms with Crippen molar-refractivity contribution >= 4 is 0 Å². The predicted octanol–water partition coefficient (Wildman–Crippen LogP) is 3.78. The summed E-state index contributed by atoms with van der Waals surface area (Å²) in [5.74, 6) is 2.67. The van der Waals surface area contributed by atoms with Gasteiger partial charge in [-0.2, -0.15) is 0 Å². The summed E-state index contributed by atoms with van der Waals surface area (Å²) in [4.78, 5) is 0. The van der Waals surface area contributed by atoms with Crippen LogP contribution in [0.2, 0.25) is 0 Å². The fourth-order valence-corrected chi connectivity index (χ4v) is 3.36. The molecule has 1 aromatic rings. The molecule has 0 bridgehead atoms. The number of methoxy groups -OCH3 is 1. The molecule has 0 saturated heterocycles. The SMILES string of the molecule is CCC1CCC(C(NC)c2ccccc2OC)C1. The van der Waals surface area contributed by atoms with Gasteiger partial charge in [-0.3, -0.25) is 0 Å². The van der Waals surface area contributed by atoms with Crippen LogP contribution in [0, 0.1) is 11.8 Å². The topological polar surface area (TPSA) is 21.3 Å². The monoisotopic (exact) mass is 247 g/mol. The van der Waals surface area contributed by atoms with E-state index in [9.17, 15) is 0 Å². The molecule has 0 aliphatic heterocycles. The van der Waals surface area contributed by atoms with Crippen molar-refractivity contribution in [1.29, 1.82) is 0 Å². The second kappa shape index (κ2) is 6.24. The first-order valence-corrected chi connectivity index (χ1v) is 7.10. The summed E-state index contributed by atoms with van der Waals surface area (Å²) in [5.41, 5.74) is 1.31. The molecule has 1 aliphatic rings. The van der Waals surface area contributed by atoms with Crippen molar-refractivity contribution in [3.8, 4) is 5.75 Å². The van der Waals surface area contributed by atoms with Gasteiger partial charge in [-0.05, 0) is 37.8 Å². The highest BCUT2D eigenvalue weighted by Crippen LogP contribution is 2.42. The van der Waals surface area contributed by atoms with Gasteiger partial charge in [0.15, 0.2) is 0 Å². The largest absolute Gasteiger partial charge is 0.496 e. The van der Waals surface area contributed by atoms with Crippen molar-refractivity contribution in [3.05, 3.63) is 29.8 Å². The molecule has 3 atom stereocenters. The molecule has 2 rings (SSSR count). The number of benzene rings is 1. The molecule has 3 unspecified atom stereocenters. The molecule has 1 aromatic carbocycles. The minimum atomic E-state index is 0.428. The fraction of sp³-hybridized carbons (Fsp3) is 0.625. The van der Waals surface area contributed by atoms with Gasteiger partial charge in [0.05, 0.1) is 7.11 Å². The minimum Gasteiger partial charge on any atom is -0.496 e. The average Bonchev–Trinajstić information content (AvgIpc) is 2.89. The van der Waals surface area contributed by atoms with Gasteiger partial charge in [-0.1, -0.05) is 38.0 Å². The van der Waals surface area contributed by atoms with Gasteiger partial charge in [-0.15, -0.1) is 0 Å². The Balaban J connectivity index is 2.18. The molecule has 0 aromatic heterocycles. The highest BCUT2D eigenvalue weighted by molar-refractivity contribution is 5.36. The lowest BCUT2D eigenvalue weighted by Crippen LogP contribution is -2.24. The van der Waals surface area contributed by atoms with E-state index in [1.165, 1.54) is 31.2 Å². The molecular weight excluding hydrogens is 222 g/mol. The zero-order valence-electron chi connectivity index (χ0n) is 11.8. The summed E-state index contributed by atoms with van der Waals surface area (Å²) in [7, 11) is 3.82. The van der Waals surface area contributed by atoms with Crippen LogP contribution in [0.25, 0.3) is 0 Å². The highest BCUT2D eigenvalue weighted by atomic mass is 16.5. The smallest absolute Gasteiger partial charge is 0.123 e. The first-order chi connectivity index (χ1) is 8.80. The number of rotatable bonds is 5. The van der Waals surface area contributed by atoms with E-state index in [1.54, 1.807) is 7.11 Å². The molecule has 0 amide bonds. The van der Waals surface area contributed by atoms with Crippen LogP contribution >= 0.6 is 0 Å².